The van der Waals surface area contributed by atoms with Crippen molar-refractivity contribution in [3.63, 3.8) is 0 Å². The van der Waals surface area contributed by atoms with E-state index in [9.17, 15) is 5.11 Å². The third-order valence-corrected chi connectivity index (χ3v) is 8.87. The first-order chi connectivity index (χ1) is 17.8. The molecule has 0 aliphatic carbocycles. The van der Waals surface area contributed by atoms with E-state index in [4.69, 9.17) is 16.3 Å². The predicted octanol–water partition coefficient (Wildman–Crippen LogP) is 6.85. The average molecular weight is 519 g/mol. The van der Waals surface area contributed by atoms with E-state index in [2.05, 4.69) is 66.1 Å². The lowest BCUT2D eigenvalue weighted by Gasteiger charge is -2.42. The van der Waals surface area contributed by atoms with Gasteiger partial charge in [0, 0.05) is 43.3 Å². The van der Waals surface area contributed by atoms with Crippen LogP contribution < -0.4 is 4.74 Å². The third-order valence-electron chi connectivity index (χ3n) is 8.62. The number of rotatable bonds is 6. The van der Waals surface area contributed by atoms with Crippen LogP contribution >= 0.6 is 11.6 Å². The smallest absolute Gasteiger partial charge is 0.127 e. The van der Waals surface area contributed by atoms with Gasteiger partial charge in [0.05, 0.1) is 6.04 Å². The molecule has 37 heavy (non-hydrogen) atoms. The van der Waals surface area contributed by atoms with Crippen molar-refractivity contribution in [1.82, 2.24) is 9.80 Å². The van der Waals surface area contributed by atoms with E-state index in [0.29, 0.717) is 5.75 Å². The molecule has 196 valence electrons. The van der Waals surface area contributed by atoms with Crippen LogP contribution in [-0.2, 0) is 6.42 Å². The molecule has 2 heterocycles. The van der Waals surface area contributed by atoms with E-state index < -0.39 is 0 Å². The van der Waals surface area contributed by atoms with E-state index in [1.54, 1.807) is 0 Å². The maximum Gasteiger partial charge on any atom is 0.127 e. The largest absolute Gasteiger partial charge is 0.507 e. The van der Waals surface area contributed by atoms with E-state index >= 15 is 0 Å². The molecule has 0 aromatic heterocycles. The summed E-state index contributed by atoms with van der Waals surface area (Å²) in [7, 11) is 0. The monoisotopic (exact) mass is 518 g/mol. The number of phenolic OH excluding ortho intramolecular Hbond substituents is 1. The van der Waals surface area contributed by atoms with Crippen molar-refractivity contribution < 1.29 is 9.84 Å². The zero-order chi connectivity index (χ0) is 26.2. The Morgan fingerprint density at radius 1 is 0.892 bits per heavy atom. The number of aromatic hydroxyl groups is 1. The summed E-state index contributed by atoms with van der Waals surface area (Å²) in [6, 6.07) is 19.4. The van der Waals surface area contributed by atoms with Gasteiger partial charge in [0.1, 0.15) is 17.1 Å². The van der Waals surface area contributed by atoms with Gasteiger partial charge in [-0.15, -0.1) is 0 Å². The van der Waals surface area contributed by atoms with E-state index in [0.717, 1.165) is 79.4 Å². The Labute approximate surface area is 226 Å². The van der Waals surface area contributed by atoms with Gasteiger partial charge in [-0.05, 0) is 86.9 Å². The molecule has 5 rings (SSSR count). The summed E-state index contributed by atoms with van der Waals surface area (Å²) < 4.78 is 6.68. The second-order valence-corrected chi connectivity index (χ2v) is 11.5. The summed E-state index contributed by atoms with van der Waals surface area (Å²) in [4.78, 5) is 5.19. The molecule has 0 radical (unpaired) electrons. The summed E-state index contributed by atoms with van der Waals surface area (Å²) in [6.45, 7) is 13.5. The molecule has 0 amide bonds. The maximum absolute atomic E-state index is 10.5. The SMILES string of the molecule is Cc1c(C)c2c(c(C)c1O)CCC(C)(CCN1CCN(C(c3ccccc3)c3ccc(Cl)cc3)CC1)O2. The number of ether oxygens (including phenoxy) is 1. The first kappa shape index (κ1) is 26.1. The van der Waals surface area contributed by atoms with Crippen LogP contribution in [0, 0.1) is 20.8 Å². The Morgan fingerprint density at radius 2 is 1.54 bits per heavy atom. The van der Waals surface area contributed by atoms with Crippen molar-refractivity contribution in [3.05, 3.63) is 93.0 Å². The van der Waals surface area contributed by atoms with E-state index in [-0.39, 0.29) is 11.6 Å². The highest BCUT2D eigenvalue weighted by Crippen LogP contribution is 2.44. The average Bonchev–Trinajstić information content (AvgIpc) is 2.92. The van der Waals surface area contributed by atoms with Crippen LogP contribution in [0.3, 0.4) is 0 Å². The van der Waals surface area contributed by atoms with Crippen LogP contribution in [0.4, 0.5) is 0 Å². The summed E-state index contributed by atoms with van der Waals surface area (Å²) in [6.07, 6.45) is 2.94. The summed E-state index contributed by atoms with van der Waals surface area (Å²) in [5.41, 5.74) is 6.60. The van der Waals surface area contributed by atoms with Crippen molar-refractivity contribution in [2.24, 2.45) is 0 Å². The molecule has 1 N–H and O–H groups in total. The maximum atomic E-state index is 10.5. The number of hydrogen-bond acceptors (Lipinski definition) is 4. The van der Waals surface area contributed by atoms with Crippen LogP contribution in [0.25, 0.3) is 0 Å². The zero-order valence-electron chi connectivity index (χ0n) is 22.6. The Bertz CT molecular complexity index is 1240. The van der Waals surface area contributed by atoms with Crippen LogP contribution in [0.15, 0.2) is 54.6 Å². The molecular weight excluding hydrogens is 480 g/mol. The van der Waals surface area contributed by atoms with Crippen LogP contribution in [0.2, 0.25) is 5.02 Å². The first-order valence-corrected chi connectivity index (χ1v) is 13.9. The lowest BCUT2D eigenvalue weighted by molar-refractivity contribution is 0.0331. The topological polar surface area (TPSA) is 35.9 Å². The highest BCUT2D eigenvalue weighted by Gasteiger charge is 2.35. The second kappa shape index (κ2) is 10.7. The Kier molecular flexibility index (Phi) is 7.53. The van der Waals surface area contributed by atoms with Gasteiger partial charge in [-0.3, -0.25) is 4.90 Å². The van der Waals surface area contributed by atoms with Gasteiger partial charge in [-0.25, -0.2) is 0 Å². The number of piperazine rings is 1. The Morgan fingerprint density at radius 3 is 2.22 bits per heavy atom. The van der Waals surface area contributed by atoms with Crippen molar-refractivity contribution in [2.45, 2.75) is 58.6 Å². The van der Waals surface area contributed by atoms with Crippen molar-refractivity contribution >= 4 is 11.6 Å². The Balaban J connectivity index is 1.23. The zero-order valence-corrected chi connectivity index (χ0v) is 23.3. The van der Waals surface area contributed by atoms with Gasteiger partial charge >= 0.3 is 0 Å². The number of phenols is 1. The molecule has 0 spiro atoms. The van der Waals surface area contributed by atoms with Crippen molar-refractivity contribution in [1.29, 1.82) is 0 Å². The van der Waals surface area contributed by atoms with Gasteiger partial charge in [0.25, 0.3) is 0 Å². The van der Waals surface area contributed by atoms with Gasteiger partial charge in [0.15, 0.2) is 0 Å². The molecule has 3 aromatic rings. The van der Waals surface area contributed by atoms with Crippen molar-refractivity contribution in [2.75, 3.05) is 32.7 Å². The van der Waals surface area contributed by atoms with Crippen LogP contribution in [0.1, 0.15) is 59.2 Å². The molecule has 1 saturated heterocycles. The highest BCUT2D eigenvalue weighted by molar-refractivity contribution is 6.30. The van der Waals surface area contributed by atoms with Gasteiger partial charge in [-0.2, -0.15) is 0 Å². The lowest BCUT2D eigenvalue weighted by atomic mass is 9.85. The van der Waals surface area contributed by atoms with Gasteiger partial charge in [-0.1, -0.05) is 54.1 Å². The molecule has 0 bridgehead atoms. The summed E-state index contributed by atoms with van der Waals surface area (Å²) in [5, 5.41) is 11.3. The third kappa shape index (κ3) is 5.38. The molecule has 2 unspecified atom stereocenters. The fourth-order valence-corrected chi connectivity index (χ4v) is 6.13. The minimum absolute atomic E-state index is 0.180. The van der Waals surface area contributed by atoms with Crippen LogP contribution in [-0.4, -0.2) is 53.2 Å². The highest BCUT2D eigenvalue weighted by atomic mass is 35.5. The molecule has 2 atom stereocenters. The normalized spacial score (nSPS) is 21.3. The minimum Gasteiger partial charge on any atom is -0.507 e. The van der Waals surface area contributed by atoms with Gasteiger partial charge < -0.3 is 14.7 Å². The first-order valence-electron chi connectivity index (χ1n) is 13.5. The second-order valence-electron chi connectivity index (χ2n) is 11.1. The van der Waals surface area contributed by atoms with Crippen molar-refractivity contribution in [3.8, 4) is 11.5 Å². The molecule has 1 fully saturated rings. The van der Waals surface area contributed by atoms with Crippen LogP contribution in [0.5, 0.6) is 11.5 Å². The molecule has 2 aliphatic rings. The number of benzene rings is 3. The Hall–Kier alpha value is -2.53. The van der Waals surface area contributed by atoms with Gasteiger partial charge in [0.2, 0.25) is 0 Å². The van der Waals surface area contributed by atoms with E-state index in [1.807, 2.05) is 26.0 Å². The number of halogens is 1. The number of fused-ring (bicyclic) bond motifs is 1. The number of nitrogens with zero attached hydrogens (tertiary/aromatic N) is 2. The fraction of sp³-hybridized carbons (Fsp3) is 0.438. The quantitative estimate of drug-likeness (QED) is 0.387. The summed E-state index contributed by atoms with van der Waals surface area (Å²) >= 11 is 6.19. The molecule has 0 saturated carbocycles. The molecule has 3 aromatic carbocycles. The fourth-order valence-electron chi connectivity index (χ4n) is 6.01. The summed E-state index contributed by atoms with van der Waals surface area (Å²) in [5.74, 6) is 1.42. The predicted molar refractivity (Wildman–Crippen MR) is 152 cm³/mol. The molecular formula is C32H39ClN2O2. The lowest BCUT2D eigenvalue weighted by Crippen LogP contribution is -2.49. The number of hydrogen-bond donors (Lipinski definition) is 1. The standard InChI is InChI=1S/C32H39ClN2O2/c1-22-23(2)31-28(24(3)30(22)36)14-15-32(4,37-31)16-17-34-18-20-35(21-19-34)29(25-8-6-5-7-9-25)26-10-12-27(33)13-11-26/h5-13,29,36H,14-21H2,1-4H3. The molecule has 4 nitrogen and oxygen atoms in total. The molecule has 2 aliphatic heterocycles. The minimum atomic E-state index is -0.180. The van der Waals surface area contributed by atoms with E-state index in [1.165, 1.54) is 16.7 Å². The molecule has 5 heteroatoms.